The van der Waals surface area contributed by atoms with Crippen molar-refractivity contribution in [1.29, 1.82) is 0 Å². The Bertz CT molecular complexity index is 302. The van der Waals surface area contributed by atoms with Crippen LogP contribution >= 0.6 is 0 Å². The smallest absolute Gasteiger partial charge is 0.165 e. The van der Waals surface area contributed by atoms with Gasteiger partial charge in [-0.2, -0.15) is 0 Å². The Balaban J connectivity index is 1.92. The molecule has 2 aliphatic heterocycles. The molecule has 0 aromatic carbocycles. The highest BCUT2D eigenvalue weighted by Crippen LogP contribution is 2.46. The summed E-state index contributed by atoms with van der Waals surface area (Å²) in [5.41, 5.74) is 1.01. The van der Waals surface area contributed by atoms with E-state index in [1.807, 2.05) is 0 Å². The molecule has 5 heteroatoms. The molecule has 0 aromatic heterocycles. The van der Waals surface area contributed by atoms with Crippen LogP contribution in [0.1, 0.15) is 0 Å². The standard InChI is InChI=1S/C10H14O5/c11-2-6-9(13)8-5(12)1-4-3-14-10(15-6)7(4)8/h1,5-13H,2-3H2/t5-,6+,7+,8-,9+,10-/m0/s1. The first-order valence-corrected chi connectivity index (χ1v) is 5.17. The van der Waals surface area contributed by atoms with Gasteiger partial charge in [0.15, 0.2) is 6.29 Å². The van der Waals surface area contributed by atoms with E-state index in [1.54, 1.807) is 6.08 Å². The lowest BCUT2D eigenvalue weighted by atomic mass is 9.82. The highest BCUT2D eigenvalue weighted by atomic mass is 16.7. The van der Waals surface area contributed by atoms with Crippen molar-refractivity contribution in [2.75, 3.05) is 13.2 Å². The molecular weight excluding hydrogens is 200 g/mol. The summed E-state index contributed by atoms with van der Waals surface area (Å²) in [6.07, 6.45) is -0.816. The molecule has 2 heterocycles. The monoisotopic (exact) mass is 214 g/mol. The molecule has 15 heavy (non-hydrogen) atoms. The number of aliphatic hydroxyl groups is 3. The van der Waals surface area contributed by atoms with Gasteiger partial charge in [0, 0.05) is 11.8 Å². The molecule has 3 aliphatic rings. The second kappa shape index (κ2) is 3.26. The van der Waals surface area contributed by atoms with E-state index >= 15 is 0 Å². The van der Waals surface area contributed by atoms with Crippen molar-refractivity contribution in [3.05, 3.63) is 11.6 Å². The molecule has 3 rings (SSSR count). The molecule has 84 valence electrons. The lowest BCUT2D eigenvalue weighted by Gasteiger charge is -2.40. The fraction of sp³-hybridized carbons (Fsp3) is 0.800. The van der Waals surface area contributed by atoms with E-state index in [0.717, 1.165) is 5.57 Å². The Hall–Kier alpha value is -0.460. The zero-order chi connectivity index (χ0) is 10.6. The van der Waals surface area contributed by atoms with Crippen LogP contribution in [0.15, 0.2) is 11.6 Å². The van der Waals surface area contributed by atoms with Crippen LogP contribution in [0, 0.1) is 11.8 Å². The third-order valence-electron chi connectivity index (χ3n) is 3.59. The average Bonchev–Trinajstić information content (AvgIpc) is 2.74. The molecule has 2 fully saturated rings. The third-order valence-corrected chi connectivity index (χ3v) is 3.59. The first-order chi connectivity index (χ1) is 7.22. The quantitative estimate of drug-likeness (QED) is 0.469. The third kappa shape index (κ3) is 1.21. The van der Waals surface area contributed by atoms with Gasteiger partial charge in [0.25, 0.3) is 0 Å². The SMILES string of the molecule is OC[C@H]1O[C@@H]2OCC3=C[C@H](O)[C@H]([C@@H]1O)[C@@H]32. The Morgan fingerprint density at radius 3 is 2.93 bits per heavy atom. The number of ether oxygens (including phenoxy) is 2. The van der Waals surface area contributed by atoms with E-state index in [9.17, 15) is 10.2 Å². The van der Waals surface area contributed by atoms with Crippen molar-refractivity contribution in [2.24, 2.45) is 11.8 Å². The topological polar surface area (TPSA) is 79.2 Å². The van der Waals surface area contributed by atoms with Crippen LogP contribution in [0.3, 0.4) is 0 Å². The van der Waals surface area contributed by atoms with Crippen LogP contribution in [-0.4, -0.2) is 53.1 Å². The van der Waals surface area contributed by atoms with Gasteiger partial charge in [0.1, 0.15) is 6.10 Å². The van der Waals surface area contributed by atoms with Crippen LogP contribution in [0.4, 0.5) is 0 Å². The van der Waals surface area contributed by atoms with Crippen molar-refractivity contribution in [3.63, 3.8) is 0 Å². The average molecular weight is 214 g/mol. The fourth-order valence-electron chi connectivity index (χ4n) is 2.87. The summed E-state index contributed by atoms with van der Waals surface area (Å²) < 4.78 is 10.8. The fourth-order valence-corrected chi connectivity index (χ4v) is 2.87. The van der Waals surface area contributed by atoms with Gasteiger partial charge in [0.05, 0.1) is 25.4 Å². The Labute approximate surface area is 86.9 Å². The second-order valence-corrected chi connectivity index (χ2v) is 4.36. The summed E-state index contributed by atoms with van der Waals surface area (Å²) in [6.45, 7) is 0.195. The number of rotatable bonds is 1. The zero-order valence-electron chi connectivity index (χ0n) is 8.11. The number of aliphatic hydroxyl groups excluding tert-OH is 3. The van der Waals surface area contributed by atoms with E-state index in [2.05, 4.69) is 0 Å². The molecule has 5 nitrogen and oxygen atoms in total. The first kappa shape index (κ1) is 9.74. The molecule has 0 aromatic rings. The van der Waals surface area contributed by atoms with Gasteiger partial charge in [-0.3, -0.25) is 0 Å². The highest BCUT2D eigenvalue weighted by Gasteiger charge is 2.55. The van der Waals surface area contributed by atoms with Crippen LogP contribution in [0.2, 0.25) is 0 Å². The maximum Gasteiger partial charge on any atom is 0.165 e. The van der Waals surface area contributed by atoms with Gasteiger partial charge in [-0.1, -0.05) is 6.08 Å². The Morgan fingerprint density at radius 2 is 2.20 bits per heavy atom. The van der Waals surface area contributed by atoms with Crippen LogP contribution in [0.5, 0.6) is 0 Å². The van der Waals surface area contributed by atoms with Gasteiger partial charge in [-0.25, -0.2) is 0 Å². The zero-order valence-corrected chi connectivity index (χ0v) is 8.11. The normalized spacial score (nSPS) is 52.9. The molecule has 0 unspecified atom stereocenters. The van der Waals surface area contributed by atoms with Crippen LogP contribution in [0.25, 0.3) is 0 Å². The number of hydrogen-bond acceptors (Lipinski definition) is 5. The Morgan fingerprint density at radius 1 is 1.40 bits per heavy atom. The summed E-state index contributed by atoms with van der Waals surface area (Å²) >= 11 is 0. The molecule has 1 aliphatic carbocycles. The highest BCUT2D eigenvalue weighted by molar-refractivity contribution is 5.26. The van der Waals surface area contributed by atoms with E-state index in [1.165, 1.54) is 0 Å². The van der Waals surface area contributed by atoms with Crippen molar-refractivity contribution in [3.8, 4) is 0 Å². The van der Waals surface area contributed by atoms with Crippen molar-refractivity contribution in [2.45, 2.75) is 24.6 Å². The molecule has 0 spiro atoms. The van der Waals surface area contributed by atoms with Gasteiger partial charge in [0.2, 0.25) is 0 Å². The molecule has 3 N–H and O–H groups in total. The molecule has 2 saturated heterocycles. The lowest BCUT2D eigenvalue weighted by molar-refractivity contribution is -0.250. The van der Waals surface area contributed by atoms with E-state index < -0.39 is 24.6 Å². The lowest BCUT2D eigenvalue weighted by Crippen LogP contribution is -2.53. The van der Waals surface area contributed by atoms with Gasteiger partial charge in [-0.15, -0.1) is 0 Å². The minimum atomic E-state index is -0.832. The van der Waals surface area contributed by atoms with E-state index in [4.69, 9.17) is 14.6 Å². The minimum Gasteiger partial charge on any atom is -0.394 e. The van der Waals surface area contributed by atoms with E-state index in [-0.39, 0.29) is 18.4 Å². The first-order valence-electron chi connectivity index (χ1n) is 5.17. The molecule has 0 saturated carbocycles. The molecule has 6 atom stereocenters. The summed E-state index contributed by atoms with van der Waals surface area (Å²) in [4.78, 5) is 0. The predicted octanol–water partition coefficient (Wildman–Crippen LogP) is -1.37. The van der Waals surface area contributed by atoms with Crippen molar-refractivity contribution < 1.29 is 24.8 Å². The maximum absolute atomic E-state index is 9.94. The molecule has 0 bridgehead atoms. The van der Waals surface area contributed by atoms with Gasteiger partial charge < -0.3 is 24.8 Å². The molecule has 0 amide bonds. The van der Waals surface area contributed by atoms with Crippen LogP contribution in [-0.2, 0) is 9.47 Å². The van der Waals surface area contributed by atoms with E-state index in [0.29, 0.717) is 6.61 Å². The predicted molar refractivity (Wildman–Crippen MR) is 48.8 cm³/mol. The van der Waals surface area contributed by atoms with Gasteiger partial charge >= 0.3 is 0 Å². The van der Waals surface area contributed by atoms with Crippen molar-refractivity contribution >= 4 is 0 Å². The Kier molecular flexibility index (Phi) is 2.12. The minimum absolute atomic E-state index is 0.0437. The summed E-state index contributed by atoms with van der Waals surface area (Å²) in [6, 6.07) is 0. The summed E-state index contributed by atoms with van der Waals surface area (Å²) in [5.74, 6) is -0.337. The van der Waals surface area contributed by atoms with Crippen molar-refractivity contribution in [1.82, 2.24) is 0 Å². The number of hydrogen-bond donors (Lipinski definition) is 3. The molecular formula is C10H14O5. The summed E-state index contributed by atoms with van der Waals surface area (Å²) in [7, 11) is 0. The van der Waals surface area contributed by atoms with Gasteiger partial charge in [-0.05, 0) is 5.57 Å². The largest absolute Gasteiger partial charge is 0.394 e. The second-order valence-electron chi connectivity index (χ2n) is 4.36. The maximum atomic E-state index is 9.94. The van der Waals surface area contributed by atoms with Crippen LogP contribution < -0.4 is 0 Å². The molecule has 0 radical (unpaired) electrons. The summed E-state index contributed by atoms with van der Waals surface area (Å²) in [5, 5.41) is 28.8.